The zero-order valence-corrected chi connectivity index (χ0v) is 15.3. The zero-order valence-electron chi connectivity index (χ0n) is 13.7. The first-order valence-corrected chi connectivity index (χ1v) is 8.23. The van der Waals surface area contributed by atoms with Crippen LogP contribution in [0, 0.1) is 5.82 Å². The van der Waals surface area contributed by atoms with Crippen molar-refractivity contribution in [2.24, 2.45) is 0 Å². The monoisotopic (exact) mass is 405 g/mol. The molecule has 5 nitrogen and oxygen atoms in total. The Bertz CT molecular complexity index is 822. The van der Waals surface area contributed by atoms with E-state index in [0.717, 1.165) is 0 Å². The smallest absolute Gasteiger partial charge is 0.263 e. The van der Waals surface area contributed by atoms with Gasteiger partial charge in [-0.3, -0.25) is 9.59 Å². The highest BCUT2D eigenvalue weighted by Gasteiger charge is 2.22. The molecule has 0 saturated carbocycles. The molecule has 0 saturated heterocycles. The van der Waals surface area contributed by atoms with Crippen LogP contribution in [-0.4, -0.2) is 18.9 Å². The molecule has 0 aromatic heterocycles. The van der Waals surface area contributed by atoms with Gasteiger partial charge in [0.05, 0.1) is 4.47 Å². The van der Waals surface area contributed by atoms with E-state index in [1.807, 2.05) is 6.07 Å². The molecule has 2 aromatic rings. The first-order chi connectivity index (χ1) is 11.9. The Hall–Kier alpha value is -2.67. The number of para-hydroxylation sites is 1. The summed E-state index contributed by atoms with van der Waals surface area (Å²) in [6.45, 7) is 1.61. The van der Waals surface area contributed by atoms with Gasteiger partial charge in [-0.2, -0.15) is 0 Å². The fourth-order valence-electron chi connectivity index (χ4n) is 2.05. The van der Waals surface area contributed by atoms with Crippen molar-refractivity contribution in [2.45, 2.75) is 6.92 Å². The molecule has 3 N–H and O–H groups in total. The number of allylic oxidation sites excluding steroid dienone is 1. The molecule has 130 valence electrons. The molecule has 2 amide bonds. The van der Waals surface area contributed by atoms with Gasteiger partial charge in [0.1, 0.15) is 11.4 Å². The summed E-state index contributed by atoms with van der Waals surface area (Å²) < 4.78 is 13.9. The highest BCUT2D eigenvalue weighted by atomic mass is 79.9. The summed E-state index contributed by atoms with van der Waals surface area (Å²) in [6.07, 6.45) is 0. The maximum Gasteiger partial charge on any atom is 0.263 e. The van der Waals surface area contributed by atoms with Gasteiger partial charge >= 0.3 is 0 Å². The van der Waals surface area contributed by atoms with Gasteiger partial charge in [-0.05, 0) is 53.2 Å². The van der Waals surface area contributed by atoms with Crippen molar-refractivity contribution in [3.05, 3.63) is 70.1 Å². The van der Waals surface area contributed by atoms with E-state index in [4.69, 9.17) is 0 Å². The minimum atomic E-state index is -0.637. The highest BCUT2D eigenvalue weighted by Crippen LogP contribution is 2.20. The second kappa shape index (κ2) is 8.43. The predicted molar refractivity (Wildman–Crippen MR) is 99.6 cm³/mol. The largest absolute Gasteiger partial charge is 0.391 e. The SMILES string of the molecule is CN/C(C)=C(\C(=O)Nc1ccccc1)C(=O)Nc1ccc(Br)c(F)c1. The zero-order chi connectivity index (χ0) is 18.4. The van der Waals surface area contributed by atoms with Gasteiger partial charge in [-0.15, -0.1) is 0 Å². The number of anilines is 2. The minimum Gasteiger partial charge on any atom is -0.391 e. The summed E-state index contributed by atoms with van der Waals surface area (Å²) in [7, 11) is 1.61. The van der Waals surface area contributed by atoms with Crippen molar-refractivity contribution in [1.29, 1.82) is 0 Å². The van der Waals surface area contributed by atoms with Gasteiger partial charge in [0.15, 0.2) is 0 Å². The molecule has 2 rings (SSSR count). The molecule has 7 heteroatoms. The molecule has 0 fully saturated rings. The second-order valence-corrected chi connectivity index (χ2v) is 6.01. The Morgan fingerprint density at radius 1 is 0.960 bits per heavy atom. The van der Waals surface area contributed by atoms with Crippen LogP contribution >= 0.6 is 15.9 Å². The molecule has 25 heavy (non-hydrogen) atoms. The number of rotatable bonds is 5. The molecule has 0 aliphatic heterocycles. The maximum absolute atomic E-state index is 13.6. The van der Waals surface area contributed by atoms with Gasteiger partial charge in [-0.25, -0.2) is 4.39 Å². The summed E-state index contributed by atoms with van der Waals surface area (Å²) in [5.74, 6) is -1.71. The topological polar surface area (TPSA) is 70.2 Å². The lowest BCUT2D eigenvalue weighted by Gasteiger charge is -2.13. The standard InChI is InChI=1S/C18H17BrFN3O2/c1-11(21-2)16(17(24)22-12-6-4-3-5-7-12)18(25)23-13-8-9-14(19)15(20)10-13/h3-10,21H,1-2H3,(H,22,24)(H,23,25)/b16-11+. The van der Waals surface area contributed by atoms with E-state index >= 15 is 0 Å². The van der Waals surface area contributed by atoms with Gasteiger partial charge in [-0.1, -0.05) is 18.2 Å². The number of carbonyl (C=O) groups is 2. The van der Waals surface area contributed by atoms with Crippen LogP contribution in [0.3, 0.4) is 0 Å². The maximum atomic E-state index is 13.6. The van der Waals surface area contributed by atoms with Gasteiger partial charge in [0.2, 0.25) is 0 Å². The van der Waals surface area contributed by atoms with E-state index in [-0.39, 0.29) is 15.7 Å². The number of hydrogen-bond donors (Lipinski definition) is 3. The van der Waals surface area contributed by atoms with Crippen molar-refractivity contribution in [3.63, 3.8) is 0 Å². The predicted octanol–water partition coefficient (Wildman–Crippen LogP) is 3.66. The van der Waals surface area contributed by atoms with Crippen LogP contribution in [0.25, 0.3) is 0 Å². The van der Waals surface area contributed by atoms with Crippen LogP contribution < -0.4 is 16.0 Å². The van der Waals surface area contributed by atoms with Crippen LogP contribution in [0.5, 0.6) is 0 Å². The third kappa shape index (κ3) is 4.90. The van der Waals surface area contributed by atoms with E-state index in [0.29, 0.717) is 11.4 Å². The average Bonchev–Trinajstić information content (AvgIpc) is 2.59. The summed E-state index contributed by atoms with van der Waals surface area (Å²) in [6, 6.07) is 13.0. The lowest BCUT2D eigenvalue weighted by Crippen LogP contribution is -2.29. The average molecular weight is 406 g/mol. The summed E-state index contributed by atoms with van der Waals surface area (Å²) in [5.41, 5.74) is 1.12. The van der Waals surface area contributed by atoms with Gasteiger partial charge < -0.3 is 16.0 Å². The van der Waals surface area contributed by atoms with Gasteiger partial charge in [0, 0.05) is 24.1 Å². The lowest BCUT2D eigenvalue weighted by molar-refractivity contribution is -0.118. The van der Waals surface area contributed by atoms with Crippen LogP contribution in [0.4, 0.5) is 15.8 Å². The molecule has 0 spiro atoms. The van der Waals surface area contributed by atoms with Gasteiger partial charge in [0.25, 0.3) is 11.8 Å². The number of hydrogen-bond acceptors (Lipinski definition) is 3. The molecule has 2 aromatic carbocycles. The summed E-state index contributed by atoms with van der Waals surface area (Å²) >= 11 is 3.05. The molecular weight excluding hydrogens is 389 g/mol. The third-order valence-corrected chi connectivity index (χ3v) is 4.06. The van der Waals surface area contributed by atoms with E-state index in [9.17, 15) is 14.0 Å². The van der Waals surface area contributed by atoms with Crippen LogP contribution in [0.15, 0.2) is 64.3 Å². The van der Waals surface area contributed by atoms with Crippen molar-refractivity contribution < 1.29 is 14.0 Å². The van der Waals surface area contributed by atoms with Crippen molar-refractivity contribution >= 4 is 39.1 Å². The van der Waals surface area contributed by atoms with Crippen molar-refractivity contribution in [2.75, 3.05) is 17.7 Å². The van der Waals surface area contributed by atoms with E-state index < -0.39 is 17.6 Å². The Labute approximate surface area is 153 Å². The lowest BCUT2D eigenvalue weighted by atomic mass is 10.1. The van der Waals surface area contributed by atoms with Crippen LogP contribution in [0.2, 0.25) is 0 Å². The van der Waals surface area contributed by atoms with E-state index in [2.05, 4.69) is 31.9 Å². The Morgan fingerprint density at radius 2 is 1.56 bits per heavy atom. The third-order valence-electron chi connectivity index (χ3n) is 3.41. The van der Waals surface area contributed by atoms with Crippen molar-refractivity contribution in [3.8, 4) is 0 Å². The molecule has 0 radical (unpaired) electrons. The van der Waals surface area contributed by atoms with E-state index in [1.54, 1.807) is 38.2 Å². The van der Waals surface area contributed by atoms with E-state index in [1.165, 1.54) is 18.2 Å². The van der Waals surface area contributed by atoms with Crippen LogP contribution in [0.1, 0.15) is 6.92 Å². The molecule has 0 bridgehead atoms. The normalized spacial score (nSPS) is 11.4. The molecule has 0 atom stereocenters. The number of benzene rings is 2. The Balaban J connectivity index is 2.23. The summed E-state index contributed by atoms with van der Waals surface area (Å²) in [5, 5.41) is 7.99. The van der Waals surface area contributed by atoms with Crippen molar-refractivity contribution in [1.82, 2.24) is 5.32 Å². The number of carbonyl (C=O) groups excluding carboxylic acids is 2. The molecule has 0 heterocycles. The molecule has 0 aliphatic carbocycles. The second-order valence-electron chi connectivity index (χ2n) is 5.15. The highest BCUT2D eigenvalue weighted by molar-refractivity contribution is 9.10. The number of nitrogens with one attached hydrogen (secondary N) is 3. The minimum absolute atomic E-state index is 0.0883. The fraction of sp³-hybridized carbons (Fsp3) is 0.111. The first-order valence-electron chi connectivity index (χ1n) is 7.43. The molecular formula is C18H17BrFN3O2. The molecule has 0 unspecified atom stereocenters. The Kier molecular flexibility index (Phi) is 6.30. The number of halogens is 2. The first kappa shape index (κ1) is 18.7. The fourth-order valence-corrected chi connectivity index (χ4v) is 2.30. The van der Waals surface area contributed by atoms with Crippen LogP contribution in [-0.2, 0) is 9.59 Å². The number of amides is 2. The summed E-state index contributed by atoms with van der Waals surface area (Å²) in [4.78, 5) is 25.1. The quantitative estimate of drug-likeness (QED) is 0.403. The Morgan fingerprint density at radius 3 is 2.12 bits per heavy atom. The molecule has 0 aliphatic rings.